The van der Waals surface area contributed by atoms with Crippen molar-refractivity contribution in [3.05, 3.63) is 36.7 Å². The van der Waals surface area contributed by atoms with E-state index < -0.39 is 7.12 Å². The smallest absolute Gasteiger partial charge is 0.490 e. The van der Waals surface area contributed by atoms with E-state index in [-0.39, 0.29) is 11.2 Å². The number of hydrogen-bond acceptors (Lipinski definition) is 6. The molecule has 0 radical (unpaired) electrons. The molecule has 0 amide bonds. The van der Waals surface area contributed by atoms with Crippen molar-refractivity contribution >= 4 is 12.6 Å². The molecule has 160 valence electrons. The molecule has 1 aromatic carbocycles. The summed E-state index contributed by atoms with van der Waals surface area (Å²) in [6, 6.07) is 8.05. The van der Waals surface area contributed by atoms with Crippen molar-refractivity contribution in [2.75, 3.05) is 26.7 Å². The molecule has 2 aliphatic rings. The fourth-order valence-corrected chi connectivity index (χ4v) is 3.79. The van der Waals surface area contributed by atoms with Gasteiger partial charge in [0.25, 0.3) is 0 Å². The first-order valence-corrected chi connectivity index (χ1v) is 10.8. The number of rotatable bonds is 5. The third-order valence-electron chi connectivity index (χ3n) is 6.62. The Morgan fingerprint density at radius 3 is 2.33 bits per heavy atom. The molecule has 4 rings (SSSR count). The van der Waals surface area contributed by atoms with Crippen molar-refractivity contribution in [1.29, 1.82) is 0 Å². The molecule has 0 unspecified atom stereocenters. The zero-order valence-electron chi connectivity index (χ0n) is 18.7. The van der Waals surface area contributed by atoms with Crippen LogP contribution in [-0.2, 0) is 9.31 Å². The Bertz CT molecular complexity index is 848. The summed E-state index contributed by atoms with van der Waals surface area (Å²) < 4.78 is 18.3. The topological polar surface area (TPSA) is 56.7 Å². The predicted octanol–water partition coefficient (Wildman–Crippen LogP) is 3.16. The SMILES string of the molecule is CN1CCC(COc2cnc(-c3cccc(B4OC(C)(C)C(C)(C)O4)c3)nc2)CC1. The molecule has 0 aliphatic carbocycles. The van der Waals surface area contributed by atoms with Crippen molar-refractivity contribution in [3.63, 3.8) is 0 Å². The Hall–Kier alpha value is -1.96. The normalized spacial score (nSPS) is 21.7. The number of nitrogens with zero attached hydrogens (tertiary/aromatic N) is 3. The number of benzene rings is 1. The second-order valence-corrected chi connectivity index (χ2v) is 9.51. The maximum Gasteiger partial charge on any atom is 0.494 e. The second-order valence-electron chi connectivity index (χ2n) is 9.51. The fraction of sp³-hybridized carbons (Fsp3) is 0.565. The van der Waals surface area contributed by atoms with Crippen molar-refractivity contribution in [3.8, 4) is 17.1 Å². The van der Waals surface area contributed by atoms with E-state index >= 15 is 0 Å². The molecule has 3 heterocycles. The van der Waals surface area contributed by atoms with Crippen molar-refractivity contribution in [2.24, 2.45) is 5.92 Å². The van der Waals surface area contributed by atoms with Gasteiger partial charge in [0.15, 0.2) is 11.6 Å². The van der Waals surface area contributed by atoms with Gasteiger partial charge in [-0.3, -0.25) is 0 Å². The molecule has 6 nitrogen and oxygen atoms in total. The molecule has 2 aliphatic heterocycles. The highest BCUT2D eigenvalue weighted by Gasteiger charge is 2.51. The average Bonchev–Trinajstić information content (AvgIpc) is 2.95. The Balaban J connectivity index is 1.41. The van der Waals surface area contributed by atoms with Crippen LogP contribution in [0.2, 0.25) is 0 Å². The van der Waals surface area contributed by atoms with Crippen LogP contribution in [0.15, 0.2) is 36.7 Å². The van der Waals surface area contributed by atoms with Crippen LogP contribution in [0, 0.1) is 5.92 Å². The van der Waals surface area contributed by atoms with Crippen LogP contribution in [0.1, 0.15) is 40.5 Å². The van der Waals surface area contributed by atoms with Gasteiger partial charge in [-0.25, -0.2) is 9.97 Å². The van der Waals surface area contributed by atoms with Gasteiger partial charge >= 0.3 is 7.12 Å². The molecule has 2 saturated heterocycles. The third kappa shape index (κ3) is 4.53. The highest BCUT2D eigenvalue weighted by molar-refractivity contribution is 6.62. The molecular formula is C23H32BN3O3. The van der Waals surface area contributed by atoms with Gasteiger partial charge in [0.2, 0.25) is 0 Å². The Kier molecular flexibility index (Phi) is 5.88. The lowest BCUT2D eigenvalue weighted by Gasteiger charge is -2.32. The molecule has 2 fully saturated rings. The fourth-order valence-electron chi connectivity index (χ4n) is 3.79. The zero-order chi connectivity index (χ0) is 21.4. The molecule has 0 spiro atoms. The van der Waals surface area contributed by atoms with E-state index in [0.29, 0.717) is 11.7 Å². The van der Waals surface area contributed by atoms with Crippen LogP contribution in [0.4, 0.5) is 0 Å². The Labute approximate surface area is 180 Å². The first-order valence-electron chi connectivity index (χ1n) is 10.8. The zero-order valence-corrected chi connectivity index (χ0v) is 18.7. The molecule has 1 aromatic heterocycles. The molecule has 30 heavy (non-hydrogen) atoms. The first kappa shape index (κ1) is 21.3. The lowest BCUT2D eigenvalue weighted by molar-refractivity contribution is 0.00578. The maximum atomic E-state index is 6.17. The summed E-state index contributed by atoms with van der Waals surface area (Å²) in [5.41, 5.74) is 1.18. The largest absolute Gasteiger partial charge is 0.494 e. The number of aromatic nitrogens is 2. The molecule has 2 aromatic rings. The summed E-state index contributed by atoms with van der Waals surface area (Å²) in [6.45, 7) is 11.3. The molecular weight excluding hydrogens is 377 g/mol. The molecule has 0 atom stereocenters. The van der Waals surface area contributed by atoms with E-state index in [2.05, 4.69) is 49.6 Å². The van der Waals surface area contributed by atoms with Crippen LogP contribution in [-0.4, -0.2) is 59.9 Å². The van der Waals surface area contributed by atoms with Crippen LogP contribution in [0.5, 0.6) is 5.75 Å². The van der Waals surface area contributed by atoms with Gasteiger partial charge in [-0.1, -0.05) is 24.3 Å². The van der Waals surface area contributed by atoms with Crippen molar-refractivity contribution in [1.82, 2.24) is 14.9 Å². The summed E-state index contributed by atoms with van der Waals surface area (Å²) in [5, 5.41) is 0. The van der Waals surface area contributed by atoms with Gasteiger partial charge < -0.3 is 18.9 Å². The minimum absolute atomic E-state index is 0.364. The van der Waals surface area contributed by atoms with Crippen LogP contribution < -0.4 is 10.2 Å². The van der Waals surface area contributed by atoms with E-state index in [0.717, 1.165) is 36.5 Å². The van der Waals surface area contributed by atoms with Gasteiger partial charge in [-0.15, -0.1) is 0 Å². The summed E-state index contributed by atoms with van der Waals surface area (Å²) in [6.07, 6.45) is 5.89. The van der Waals surface area contributed by atoms with E-state index in [1.807, 2.05) is 24.3 Å². The number of piperidine rings is 1. The van der Waals surface area contributed by atoms with E-state index in [1.165, 1.54) is 12.8 Å². The minimum atomic E-state index is -0.396. The highest BCUT2D eigenvalue weighted by atomic mass is 16.7. The quantitative estimate of drug-likeness (QED) is 0.708. The van der Waals surface area contributed by atoms with Gasteiger partial charge in [0.1, 0.15) is 0 Å². The Morgan fingerprint density at radius 2 is 1.70 bits per heavy atom. The maximum absolute atomic E-state index is 6.17. The minimum Gasteiger partial charge on any atom is -0.490 e. The second kappa shape index (κ2) is 8.29. The molecule has 7 heteroatoms. The Morgan fingerprint density at radius 1 is 1.07 bits per heavy atom. The summed E-state index contributed by atoms with van der Waals surface area (Å²) in [5.74, 6) is 2.00. The standard InChI is InChI=1S/C23H32BN3O3/c1-22(2)23(3,4)30-24(29-22)19-8-6-7-18(13-19)21-25-14-20(15-26-21)28-16-17-9-11-27(5)12-10-17/h6-8,13-15,17H,9-12,16H2,1-5H3. The van der Waals surface area contributed by atoms with Crippen LogP contribution in [0.25, 0.3) is 11.4 Å². The number of ether oxygens (including phenoxy) is 1. The highest BCUT2D eigenvalue weighted by Crippen LogP contribution is 2.36. The van der Waals surface area contributed by atoms with Crippen LogP contribution >= 0.6 is 0 Å². The van der Waals surface area contributed by atoms with Gasteiger partial charge in [0, 0.05) is 5.56 Å². The lowest BCUT2D eigenvalue weighted by Crippen LogP contribution is -2.41. The summed E-state index contributed by atoms with van der Waals surface area (Å²) in [7, 11) is 1.78. The van der Waals surface area contributed by atoms with Crippen molar-refractivity contribution < 1.29 is 14.0 Å². The molecule has 0 N–H and O–H groups in total. The van der Waals surface area contributed by atoms with Gasteiger partial charge in [-0.05, 0) is 72.1 Å². The number of hydrogen-bond donors (Lipinski definition) is 0. The van der Waals surface area contributed by atoms with Gasteiger partial charge in [-0.2, -0.15) is 0 Å². The monoisotopic (exact) mass is 409 g/mol. The van der Waals surface area contributed by atoms with Gasteiger partial charge in [0.05, 0.1) is 30.2 Å². The van der Waals surface area contributed by atoms with E-state index in [1.54, 1.807) is 12.4 Å². The molecule has 0 bridgehead atoms. The molecule has 0 saturated carbocycles. The summed E-state index contributed by atoms with van der Waals surface area (Å²) in [4.78, 5) is 11.4. The number of likely N-dealkylation sites (tertiary alicyclic amines) is 1. The van der Waals surface area contributed by atoms with E-state index in [4.69, 9.17) is 14.0 Å². The predicted molar refractivity (Wildman–Crippen MR) is 119 cm³/mol. The lowest BCUT2D eigenvalue weighted by atomic mass is 9.78. The van der Waals surface area contributed by atoms with Crippen LogP contribution in [0.3, 0.4) is 0 Å². The average molecular weight is 409 g/mol. The van der Waals surface area contributed by atoms with Crippen molar-refractivity contribution in [2.45, 2.75) is 51.7 Å². The van der Waals surface area contributed by atoms with E-state index in [9.17, 15) is 0 Å². The third-order valence-corrected chi connectivity index (χ3v) is 6.62. The first-order chi connectivity index (χ1) is 14.2. The summed E-state index contributed by atoms with van der Waals surface area (Å²) >= 11 is 0.